The first-order valence-electron chi connectivity index (χ1n) is 42.6. The van der Waals surface area contributed by atoms with E-state index in [0.717, 1.165) is 85.0 Å². The maximum atomic E-state index is 12.0. The number of alkyl carbamates (subject to hydrolysis) is 2. The summed E-state index contributed by atoms with van der Waals surface area (Å²) in [6.45, 7) is 23.5. The van der Waals surface area contributed by atoms with Crippen LogP contribution in [-0.2, 0) is 121 Å². The van der Waals surface area contributed by atoms with Gasteiger partial charge < -0.3 is 71.5 Å². The molecule has 0 fully saturated rings. The fraction of sp³-hybridized carbons (Fsp3) is 0.396. The van der Waals surface area contributed by atoms with Crippen molar-refractivity contribution in [3.8, 4) is 0 Å². The molecule has 5 aromatic heterocycles. The van der Waals surface area contributed by atoms with E-state index in [4.69, 9.17) is 58.7 Å². The summed E-state index contributed by atoms with van der Waals surface area (Å²) in [5.74, 6) is 2.03. The number of rotatable bonds is 16. The average molecular weight is 1940 g/mol. The van der Waals surface area contributed by atoms with Gasteiger partial charge in [-0.05, 0) is 229 Å². The summed E-state index contributed by atoms with van der Waals surface area (Å²) < 4.78 is 45.8. The van der Waals surface area contributed by atoms with Crippen LogP contribution in [0.4, 0.5) is 9.59 Å². The monoisotopic (exact) mass is 1930 g/mol. The van der Waals surface area contributed by atoms with Crippen LogP contribution in [0.2, 0.25) is 0 Å². The molecule has 0 saturated carbocycles. The summed E-state index contributed by atoms with van der Waals surface area (Å²) in [6.07, 6.45) is 14.2. The van der Waals surface area contributed by atoms with Gasteiger partial charge in [0.15, 0.2) is 0 Å². The Morgan fingerprint density at radius 2 is 0.831 bits per heavy atom. The van der Waals surface area contributed by atoms with Gasteiger partial charge in [-0.15, -0.1) is 0 Å². The second kappa shape index (κ2) is 55.3. The third-order valence-electron chi connectivity index (χ3n) is 19.7. The number of carbonyl (C=O) groups excluding carboxylic acids is 5. The van der Waals surface area contributed by atoms with E-state index < -0.39 is 59.4 Å². The standard InChI is InChI=1S/C19H23N3O2.C19H27NO4.C18H22N2O4.C13H14N2O2.C10H8BrN.C10H9N.C9H16N2O2.C2H6O.CH3.Pd/c1-12(2)17-19(24-4)21-16(18(22-17)23-3)11-13-7-8-15-14(10-13)6-5-9-20-15;1-19(2,3)24-18(22)20-16(17(21)23-4)12-13-9-10-14-7-5-6-8-15(14)11-13;1-18(2,3)24-17(22)20-15(16(21)23-4)11-12-7-8-14-13(10-12)6-5-9-19-14;1-17-13(16)11(14)8-9-4-5-12-10(7-9)3-2-6-15-12;11-7-8-3-4-10-9(6-8)2-1-5-12-10;1-8-4-5-10-9(7-8)3-2-6-11-10;1-6(2)8-9(13-4)10-5-7(11-8)12-3;1-2-3;;/h5-10,12,16-17H,11H2,1-4H3;9-11,16H,5-8,12H2,1-4H3,(H,20,22);5-10,15H,11H2,1-4H3,(H,20,22);2-7,11H,8,14H2,1H3;1-6H,7H2;2-7H,1H3;6,8H,5H2,1-4H3;3H,2H2,1H3;1H3;/q;;;;;;;;-1;/t16-,17+;16-;15-;11-;;;8-;;;/m0000..1.../s1. The third-order valence-corrected chi connectivity index (χ3v) is 20.4. The van der Waals surface area contributed by atoms with Crippen LogP contribution in [0.5, 0.6) is 0 Å². The summed E-state index contributed by atoms with van der Waals surface area (Å²) in [5.41, 5.74) is 18.8. The molecular weight excluding hydrogens is 1810 g/mol. The van der Waals surface area contributed by atoms with E-state index >= 15 is 0 Å². The zero-order valence-corrected chi connectivity index (χ0v) is 81.5. The summed E-state index contributed by atoms with van der Waals surface area (Å²) in [4.78, 5) is 98.5. The SMILES string of the molecule is BrCc1ccc2ncccc2c1.CCO.COC(=O)[C@@H](N)Cc1ccc2ncccc2c1.COC(=O)[C@H](Cc1ccc2c(c1)CCCC2)NC(=O)OC(C)(C)C.COC(=O)[C@H](Cc1ccc2ncccc2c1)NC(=O)OC(C)(C)C.COC1=N[C@H](C(C)C)C(OC)=NC1.COC1=N[C@H](C(C)C)C(OC)=N[C@H]1Cc1ccc2ncccc2c1.Cc1ccc2ncccc2c1.[CH3-].[Pd]. The predicted molar refractivity (Wildman–Crippen MR) is 517 cm³/mol. The van der Waals surface area contributed by atoms with Crippen molar-refractivity contribution < 1.29 is 92.1 Å². The number of nitrogens with two attached hydrogens (primary N) is 1. The van der Waals surface area contributed by atoms with Crippen molar-refractivity contribution in [1.29, 1.82) is 0 Å². The number of methoxy groups -OCH3 is 7. The van der Waals surface area contributed by atoms with Gasteiger partial charge in [0.2, 0.25) is 23.6 Å². The smallest absolute Gasteiger partial charge is 0.408 e. The van der Waals surface area contributed by atoms with E-state index in [9.17, 15) is 24.0 Å². The van der Waals surface area contributed by atoms with Crippen LogP contribution in [0.25, 0.3) is 54.5 Å². The summed E-state index contributed by atoms with van der Waals surface area (Å²) in [7, 11) is 10.5. The number of nitrogens with zero attached hydrogens (tertiary/aromatic N) is 9. The third kappa shape index (κ3) is 36.0. The molecule has 27 nitrogen and oxygen atoms in total. The number of aliphatic imine (C=N–C) groups is 4. The number of nitrogens with one attached hydrogen (secondary N) is 2. The first-order valence-corrected chi connectivity index (χ1v) is 43.7. The van der Waals surface area contributed by atoms with E-state index in [1.807, 2.05) is 116 Å². The van der Waals surface area contributed by atoms with Crippen LogP contribution in [0, 0.1) is 26.2 Å². The van der Waals surface area contributed by atoms with Crippen molar-refractivity contribution in [3.05, 3.63) is 253 Å². The first-order chi connectivity index (χ1) is 61.2. The zero-order valence-electron chi connectivity index (χ0n) is 78.4. The van der Waals surface area contributed by atoms with Crippen molar-refractivity contribution in [3.63, 3.8) is 0 Å². The zero-order chi connectivity index (χ0) is 93.5. The molecule has 14 rings (SSSR count). The molecule has 5 N–H and O–H groups in total. The molecule has 0 saturated heterocycles. The molecule has 130 heavy (non-hydrogen) atoms. The van der Waals surface area contributed by atoms with Gasteiger partial charge in [-0.25, -0.2) is 39.1 Å². The van der Waals surface area contributed by atoms with Crippen LogP contribution in [0.1, 0.15) is 134 Å². The van der Waals surface area contributed by atoms with Crippen molar-refractivity contribution in [2.24, 2.45) is 37.5 Å². The van der Waals surface area contributed by atoms with Gasteiger partial charge >= 0.3 is 30.1 Å². The molecule has 3 aliphatic rings. The molecule has 700 valence electrons. The number of hydrogen-bond donors (Lipinski definition) is 4. The molecule has 2 amide bonds. The topological polar surface area (TPSA) is 353 Å². The number of amides is 2. The van der Waals surface area contributed by atoms with Gasteiger partial charge in [0.25, 0.3) is 0 Å². The summed E-state index contributed by atoms with van der Waals surface area (Å²) >= 11 is 3.42. The number of hydrogen-bond acceptors (Lipinski definition) is 25. The number of aromatic nitrogens is 5. The van der Waals surface area contributed by atoms with Gasteiger partial charge in [0, 0.05) is 110 Å². The Kier molecular flexibility index (Phi) is 46.3. The van der Waals surface area contributed by atoms with Crippen molar-refractivity contribution in [1.82, 2.24) is 35.6 Å². The summed E-state index contributed by atoms with van der Waals surface area (Å²) in [5, 5.41) is 19.2. The van der Waals surface area contributed by atoms with Gasteiger partial charge in [0.05, 0.1) is 77.4 Å². The van der Waals surface area contributed by atoms with E-state index in [1.54, 1.807) is 95.5 Å². The number of ether oxygens (including phenoxy) is 9. The largest absolute Gasteiger partial charge is 0.483 e. The van der Waals surface area contributed by atoms with Crippen LogP contribution in [-0.4, -0.2) is 194 Å². The van der Waals surface area contributed by atoms with E-state index in [0.29, 0.717) is 61.2 Å². The van der Waals surface area contributed by atoms with Gasteiger partial charge in [0.1, 0.15) is 54.0 Å². The van der Waals surface area contributed by atoms with E-state index in [-0.39, 0.29) is 52.6 Å². The molecule has 1 aliphatic carbocycles. The van der Waals surface area contributed by atoms with Crippen molar-refractivity contribution in [2.45, 2.75) is 187 Å². The number of aryl methyl sites for hydroxylation is 3. The molecule has 6 atom stereocenters. The molecule has 0 bridgehead atoms. The Bertz CT molecular complexity index is 5570. The molecule has 7 heterocycles. The minimum absolute atomic E-state index is 0. The average Bonchev–Trinajstić information content (AvgIpc) is 0.807. The number of aliphatic hydroxyl groups excluding tert-OH is 1. The molecule has 11 aromatic rings. The Labute approximate surface area is 787 Å². The van der Waals surface area contributed by atoms with Gasteiger partial charge in [-0.1, -0.05) is 128 Å². The summed E-state index contributed by atoms with van der Waals surface area (Å²) in [6, 6.07) is 54.0. The first kappa shape index (κ1) is 109. The van der Waals surface area contributed by atoms with Crippen LogP contribution >= 0.6 is 15.9 Å². The second-order valence-electron chi connectivity index (χ2n) is 32.8. The fourth-order valence-corrected chi connectivity index (χ4v) is 13.9. The number of fused-ring (bicyclic) bond motifs is 6. The Balaban J connectivity index is 0.000000271. The van der Waals surface area contributed by atoms with E-state index in [2.05, 4.69) is 168 Å². The Morgan fingerprint density at radius 1 is 0.462 bits per heavy atom. The minimum Gasteiger partial charge on any atom is -0.483 e. The molecular formula is C101H128BrN12O15Pd-. The number of halogens is 1. The molecule has 6 aromatic carbocycles. The number of benzene rings is 6. The van der Waals surface area contributed by atoms with Crippen molar-refractivity contribution in [2.75, 3.05) is 62.9 Å². The fourth-order valence-electron chi connectivity index (χ4n) is 13.5. The maximum Gasteiger partial charge on any atom is 0.408 e. The Morgan fingerprint density at radius 3 is 1.24 bits per heavy atom. The molecule has 0 spiro atoms. The minimum atomic E-state index is -0.820. The van der Waals surface area contributed by atoms with Crippen LogP contribution < -0.4 is 16.4 Å². The normalized spacial score (nSPS) is 14.8. The van der Waals surface area contributed by atoms with Gasteiger partial charge in [-0.3, -0.25) is 29.7 Å². The number of esters is 3. The van der Waals surface area contributed by atoms with Crippen LogP contribution in [0.15, 0.2) is 221 Å². The number of carbonyl (C=O) groups is 5. The van der Waals surface area contributed by atoms with Gasteiger partial charge in [-0.2, -0.15) is 0 Å². The molecule has 0 radical (unpaired) electrons. The molecule has 29 heteroatoms. The number of pyridine rings is 5. The predicted octanol–water partition coefficient (Wildman–Crippen LogP) is 17.8. The van der Waals surface area contributed by atoms with Crippen molar-refractivity contribution >= 4 is 124 Å². The van der Waals surface area contributed by atoms with E-state index in [1.165, 1.54) is 72.8 Å². The number of aliphatic hydroxyl groups is 1. The van der Waals surface area contributed by atoms with Crippen LogP contribution in [0.3, 0.4) is 0 Å². The molecule has 2 aliphatic heterocycles. The number of alkyl halides is 1. The Hall–Kier alpha value is -11.7. The maximum absolute atomic E-state index is 12.0. The quantitative estimate of drug-likeness (QED) is 0.0229. The molecule has 0 unspecified atom stereocenters. The second-order valence-corrected chi connectivity index (χ2v) is 33.4.